The van der Waals surface area contributed by atoms with Gasteiger partial charge in [0.05, 0.1) is 5.02 Å². The molecule has 18 heavy (non-hydrogen) atoms. The minimum atomic E-state index is -0.636. The summed E-state index contributed by atoms with van der Waals surface area (Å²) in [5, 5.41) is 15.7. The highest BCUT2D eigenvalue weighted by Crippen LogP contribution is 2.30. The molecule has 0 aliphatic carbocycles. The van der Waals surface area contributed by atoms with Crippen molar-refractivity contribution in [3.63, 3.8) is 0 Å². The fraction of sp³-hybridized carbons (Fsp3) is 0.143. The maximum atomic E-state index is 10.2. The Labute approximate surface area is 113 Å². The van der Waals surface area contributed by atoms with Gasteiger partial charge >= 0.3 is 0 Å². The van der Waals surface area contributed by atoms with Crippen molar-refractivity contribution in [1.82, 2.24) is 0 Å². The van der Waals surface area contributed by atoms with Crippen LogP contribution < -0.4 is 0 Å². The molecule has 0 fully saturated rings. The number of halogens is 1. The molecule has 2 aromatic heterocycles. The maximum absolute atomic E-state index is 10.2. The molecule has 3 rings (SSSR count). The van der Waals surface area contributed by atoms with Crippen molar-refractivity contribution in [1.29, 1.82) is 0 Å². The number of thiophene rings is 1. The lowest BCUT2D eigenvalue weighted by molar-refractivity contribution is 0.153. The first-order valence-electron chi connectivity index (χ1n) is 5.61. The zero-order chi connectivity index (χ0) is 12.5. The van der Waals surface area contributed by atoms with Crippen LogP contribution in [0.4, 0.5) is 0 Å². The van der Waals surface area contributed by atoms with E-state index in [4.69, 9.17) is 16.0 Å². The zero-order valence-electron chi connectivity index (χ0n) is 9.47. The normalized spacial score (nSPS) is 13.0. The second-order valence-corrected chi connectivity index (χ2v) is 5.35. The van der Waals surface area contributed by atoms with Gasteiger partial charge in [-0.25, -0.2) is 0 Å². The van der Waals surface area contributed by atoms with Crippen LogP contribution >= 0.6 is 22.9 Å². The number of benzene rings is 1. The Morgan fingerprint density at radius 2 is 2.22 bits per heavy atom. The number of hydrogen-bond acceptors (Lipinski definition) is 3. The number of furan rings is 1. The second kappa shape index (κ2) is 4.76. The molecular formula is C14H11ClO2S. The highest BCUT2D eigenvalue weighted by molar-refractivity contribution is 7.07. The van der Waals surface area contributed by atoms with Crippen molar-refractivity contribution < 1.29 is 9.52 Å². The molecule has 92 valence electrons. The number of fused-ring (bicyclic) bond motifs is 1. The molecule has 0 saturated carbocycles. The van der Waals surface area contributed by atoms with E-state index >= 15 is 0 Å². The summed E-state index contributed by atoms with van der Waals surface area (Å²) in [6, 6.07) is 9.42. The Morgan fingerprint density at radius 3 is 2.94 bits per heavy atom. The number of aliphatic hydroxyl groups is 1. The summed E-state index contributed by atoms with van der Waals surface area (Å²) in [5.74, 6) is 0.560. The van der Waals surface area contributed by atoms with E-state index in [2.05, 4.69) is 0 Å². The van der Waals surface area contributed by atoms with Crippen LogP contribution in [0.2, 0.25) is 5.02 Å². The molecule has 0 amide bonds. The van der Waals surface area contributed by atoms with Crippen LogP contribution in [0.1, 0.15) is 17.4 Å². The van der Waals surface area contributed by atoms with Crippen LogP contribution in [-0.4, -0.2) is 5.11 Å². The standard InChI is InChI=1S/C14H11ClO2S/c15-11-3-1-2-10-7-13(17-14(10)11)12(16)6-9-4-5-18-8-9/h1-5,7-8,12,16H,6H2. The molecule has 0 spiro atoms. The van der Waals surface area contributed by atoms with E-state index in [0.717, 1.165) is 10.9 Å². The SMILES string of the molecule is OC(Cc1ccsc1)c1cc2cccc(Cl)c2o1. The Hall–Kier alpha value is -1.29. The van der Waals surface area contributed by atoms with Gasteiger partial charge in [-0.1, -0.05) is 23.7 Å². The first-order chi connectivity index (χ1) is 8.74. The molecule has 2 nitrogen and oxygen atoms in total. The van der Waals surface area contributed by atoms with E-state index < -0.39 is 6.10 Å². The van der Waals surface area contributed by atoms with Crippen LogP contribution in [-0.2, 0) is 6.42 Å². The maximum Gasteiger partial charge on any atom is 0.152 e. The third-order valence-electron chi connectivity index (χ3n) is 2.85. The monoisotopic (exact) mass is 278 g/mol. The van der Waals surface area contributed by atoms with E-state index in [1.165, 1.54) is 0 Å². The van der Waals surface area contributed by atoms with Crippen molar-refractivity contribution in [2.75, 3.05) is 0 Å². The first kappa shape index (κ1) is 11.8. The van der Waals surface area contributed by atoms with Gasteiger partial charge in [-0.3, -0.25) is 0 Å². The quantitative estimate of drug-likeness (QED) is 0.769. The highest BCUT2D eigenvalue weighted by Gasteiger charge is 2.15. The van der Waals surface area contributed by atoms with Crippen molar-refractivity contribution in [3.8, 4) is 0 Å². The molecule has 0 aliphatic heterocycles. The molecule has 1 unspecified atom stereocenters. The summed E-state index contributed by atoms with van der Waals surface area (Å²) in [6.45, 7) is 0. The molecule has 3 aromatic rings. The number of hydrogen-bond donors (Lipinski definition) is 1. The molecule has 1 atom stereocenters. The lowest BCUT2D eigenvalue weighted by Gasteiger charge is -2.05. The summed E-state index contributed by atoms with van der Waals surface area (Å²) in [4.78, 5) is 0. The van der Waals surface area contributed by atoms with E-state index in [1.807, 2.05) is 35.0 Å². The van der Waals surface area contributed by atoms with E-state index in [-0.39, 0.29) is 0 Å². The molecule has 0 bridgehead atoms. The van der Waals surface area contributed by atoms with Gasteiger partial charge in [-0.05, 0) is 34.5 Å². The molecule has 2 heterocycles. The smallest absolute Gasteiger partial charge is 0.152 e. The van der Waals surface area contributed by atoms with Crippen LogP contribution in [0.15, 0.2) is 45.5 Å². The average molecular weight is 279 g/mol. The van der Waals surface area contributed by atoms with Crippen LogP contribution in [0.5, 0.6) is 0 Å². The van der Waals surface area contributed by atoms with Crippen LogP contribution in [0.3, 0.4) is 0 Å². The minimum absolute atomic E-state index is 0.556. The van der Waals surface area contributed by atoms with Crippen molar-refractivity contribution >= 4 is 33.9 Å². The van der Waals surface area contributed by atoms with Gasteiger partial charge in [-0.15, -0.1) is 0 Å². The van der Waals surface area contributed by atoms with Gasteiger partial charge in [0.2, 0.25) is 0 Å². The first-order valence-corrected chi connectivity index (χ1v) is 6.93. The predicted octanol–water partition coefficient (Wildman–Crippen LogP) is 4.42. The van der Waals surface area contributed by atoms with E-state index in [9.17, 15) is 5.11 Å². The van der Waals surface area contributed by atoms with E-state index in [1.54, 1.807) is 17.4 Å². The minimum Gasteiger partial charge on any atom is -0.457 e. The summed E-state index contributed by atoms with van der Waals surface area (Å²) >= 11 is 7.67. The second-order valence-electron chi connectivity index (χ2n) is 4.16. The summed E-state index contributed by atoms with van der Waals surface area (Å²) < 4.78 is 5.63. The molecule has 4 heteroatoms. The van der Waals surface area contributed by atoms with Crippen molar-refractivity contribution in [2.24, 2.45) is 0 Å². The summed E-state index contributed by atoms with van der Waals surface area (Å²) in [5.41, 5.74) is 1.75. The number of rotatable bonds is 3. The lowest BCUT2D eigenvalue weighted by atomic mass is 10.1. The topological polar surface area (TPSA) is 33.4 Å². The van der Waals surface area contributed by atoms with Gasteiger partial charge in [0.1, 0.15) is 11.9 Å². The third-order valence-corrected chi connectivity index (χ3v) is 3.88. The summed E-state index contributed by atoms with van der Waals surface area (Å²) in [6.07, 6.45) is -0.0796. The molecule has 0 radical (unpaired) electrons. The van der Waals surface area contributed by atoms with Crippen LogP contribution in [0, 0.1) is 0 Å². The Balaban J connectivity index is 1.92. The largest absolute Gasteiger partial charge is 0.457 e. The van der Waals surface area contributed by atoms with Gasteiger partial charge in [0.15, 0.2) is 5.58 Å². The number of para-hydroxylation sites is 1. The summed E-state index contributed by atoms with van der Waals surface area (Å²) in [7, 11) is 0. The molecule has 1 aromatic carbocycles. The molecule has 0 aliphatic rings. The molecule has 1 N–H and O–H groups in total. The lowest BCUT2D eigenvalue weighted by Crippen LogP contribution is -1.98. The van der Waals surface area contributed by atoms with Gasteiger partial charge in [0.25, 0.3) is 0 Å². The average Bonchev–Trinajstić information content (AvgIpc) is 2.97. The van der Waals surface area contributed by atoms with Gasteiger partial charge in [-0.2, -0.15) is 11.3 Å². The molecular weight excluding hydrogens is 268 g/mol. The Bertz CT molecular complexity index is 658. The number of aliphatic hydroxyl groups excluding tert-OH is 1. The van der Waals surface area contributed by atoms with Crippen molar-refractivity contribution in [3.05, 3.63) is 57.4 Å². The fourth-order valence-electron chi connectivity index (χ4n) is 1.94. The van der Waals surface area contributed by atoms with E-state index in [0.29, 0.717) is 22.8 Å². The Kier molecular flexibility index (Phi) is 3.12. The highest BCUT2D eigenvalue weighted by atomic mass is 35.5. The van der Waals surface area contributed by atoms with Crippen LogP contribution in [0.25, 0.3) is 11.0 Å². The molecule has 0 saturated heterocycles. The fourth-order valence-corrected chi connectivity index (χ4v) is 2.85. The van der Waals surface area contributed by atoms with Gasteiger partial charge in [0, 0.05) is 11.8 Å². The van der Waals surface area contributed by atoms with Crippen molar-refractivity contribution in [2.45, 2.75) is 12.5 Å². The Morgan fingerprint density at radius 1 is 1.33 bits per heavy atom. The third kappa shape index (κ3) is 2.17. The zero-order valence-corrected chi connectivity index (χ0v) is 11.0. The predicted molar refractivity (Wildman–Crippen MR) is 74.2 cm³/mol. The van der Waals surface area contributed by atoms with Gasteiger partial charge < -0.3 is 9.52 Å².